The first-order valence-corrected chi connectivity index (χ1v) is 8.16. The third-order valence-electron chi connectivity index (χ3n) is 3.67. The van der Waals surface area contributed by atoms with Crippen molar-refractivity contribution in [3.63, 3.8) is 0 Å². The van der Waals surface area contributed by atoms with Gasteiger partial charge in [-0.05, 0) is 30.2 Å². The van der Waals surface area contributed by atoms with Gasteiger partial charge in [0.2, 0.25) is 0 Å². The van der Waals surface area contributed by atoms with E-state index < -0.39 is 11.7 Å². The van der Waals surface area contributed by atoms with Crippen LogP contribution in [0.5, 0.6) is 5.88 Å². The number of nitrogens with zero attached hydrogens (tertiary/aromatic N) is 2. The van der Waals surface area contributed by atoms with Crippen LogP contribution in [0.25, 0.3) is 11.1 Å². The SMILES string of the molecule is Cc1cccc(-c2cc(F)c(NC(=O)c3nccnc3OC=O)c(Cl)c2)c1. The molecule has 0 aliphatic rings. The van der Waals surface area contributed by atoms with Gasteiger partial charge in [0.15, 0.2) is 5.69 Å². The molecule has 1 heterocycles. The van der Waals surface area contributed by atoms with Gasteiger partial charge in [0.05, 0.1) is 10.7 Å². The van der Waals surface area contributed by atoms with Gasteiger partial charge < -0.3 is 10.1 Å². The Morgan fingerprint density at radius 1 is 1.19 bits per heavy atom. The number of carbonyl (C=O) groups is 2. The smallest absolute Gasteiger partial charge is 0.299 e. The lowest BCUT2D eigenvalue weighted by molar-refractivity contribution is -0.121. The Balaban J connectivity index is 1.92. The van der Waals surface area contributed by atoms with E-state index in [0.717, 1.165) is 11.1 Å². The van der Waals surface area contributed by atoms with Crippen molar-refractivity contribution in [1.29, 1.82) is 0 Å². The Bertz CT molecular complexity index is 1000. The van der Waals surface area contributed by atoms with Crippen LogP contribution < -0.4 is 10.1 Å². The van der Waals surface area contributed by atoms with Gasteiger partial charge in [0.1, 0.15) is 5.82 Å². The zero-order chi connectivity index (χ0) is 19.4. The summed E-state index contributed by atoms with van der Waals surface area (Å²) >= 11 is 6.18. The summed E-state index contributed by atoms with van der Waals surface area (Å²) in [6, 6.07) is 10.3. The zero-order valence-corrected chi connectivity index (χ0v) is 14.8. The zero-order valence-electron chi connectivity index (χ0n) is 14.1. The summed E-state index contributed by atoms with van der Waals surface area (Å²) < 4.78 is 19.2. The lowest BCUT2D eigenvalue weighted by atomic mass is 10.0. The molecule has 3 rings (SSSR count). The molecule has 136 valence electrons. The minimum absolute atomic E-state index is 0.0154. The van der Waals surface area contributed by atoms with Crippen LogP contribution in [0, 0.1) is 12.7 Å². The number of amides is 1. The molecule has 1 aromatic heterocycles. The standard InChI is InChI=1S/C19H13ClFN3O3/c1-11-3-2-4-12(7-11)13-8-14(20)16(15(21)9-13)24-18(26)17-19(27-10-25)23-6-5-22-17/h2-10H,1H3,(H,24,26). The fourth-order valence-electron chi connectivity index (χ4n) is 2.47. The van der Waals surface area contributed by atoms with Gasteiger partial charge in [-0.1, -0.05) is 41.4 Å². The predicted molar refractivity (Wildman–Crippen MR) is 98.3 cm³/mol. The summed E-state index contributed by atoms with van der Waals surface area (Å²) in [5.74, 6) is -1.82. The van der Waals surface area contributed by atoms with Gasteiger partial charge in [0, 0.05) is 12.4 Å². The first kappa shape index (κ1) is 18.5. The fourth-order valence-corrected chi connectivity index (χ4v) is 2.72. The van der Waals surface area contributed by atoms with Crippen LogP contribution >= 0.6 is 11.6 Å². The molecule has 3 aromatic rings. The van der Waals surface area contributed by atoms with E-state index in [1.807, 2.05) is 31.2 Å². The van der Waals surface area contributed by atoms with Crippen molar-refractivity contribution in [3.8, 4) is 17.0 Å². The number of ether oxygens (including phenoxy) is 1. The highest BCUT2D eigenvalue weighted by Crippen LogP contribution is 2.32. The van der Waals surface area contributed by atoms with Crippen LogP contribution in [0.4, 0.5) is 10.1 Å². The van der Waals surface area contributed by atoms with Crippen molar-refractivity contribution in [1.82, 2.24) is 9.97 Å². The molecule has 6 nitrogen and oxygen atoms in total. The Morgan fingerprint density at radius 2 is 1.96 bits per heavy atom. The molecule has 0 atom stereocenters. The molecule has 0 spiro atoms. The average molecular weight is 386 g/mol. The third-order valence-corrected chi connectivity index (χ3v) is 3.97. The Morgan fingerprint density at radius 3 is 2.67 bits per heavy atom. The Hall–Kier alpha value is -3.32. The van der Waals surface area contributed by atoms with Crippen LogP contribution in [0.3, 0.4) is 0 Å². The summed E-state index contributed by atoms with van der Waals surface area (Å²) in [7, 11) is 0. The minimum Gasteiger partial charge on any atom is -0.407 e. The Labute approximate surface area is 159 Å². The van der Waals surface area contributed by atoms with Crippen molar-refractivity contribution >= 4 is 29.7 Å². The molecule has 8 heteroatoms. The lowest BCUT2D eigenvalue weighted by Gasteiger charge is -2.11. The highest BCUT2D eigenvalue weighted by Gasteiger charge is 2.19. The van der Waals surface area contributed by atoms with Crippen LogP contribution in [-0.2, 0) is 4.79 Å². The predicted octanol–water partition coefficient (Wildman–Crippen LogP) is 4.03. The number of carbonyl (C=O) groups excluding carboxylic acids is 2. The first-order valence-electron chi connectivity index (χ1n) is 7.78. The summed E-state index contributed by atoms with van der Waals surface area (Å²) in [5, 5.41) is 2.35. The third kappa shape index (κ3) is 4.09. The number of hydrogen-bond donors (Lipinski definition) is 1. The van der Waals surface area contributed by atoms with Crippen molar-refractivity contribution in [2.45, 2.75) is 6.92 Å². The van der Waals surface area contributed by atoms with E-state index in [-0.39, 0.29) is 28.8 Å². The van der Waals surface area contributed by atoms with E-state index in [1.54, 1.807) is 6.07 Å². The number of anilines is 1. The summed E-state index contributed by atoms with van der Waals surface area (Å²) in [5.41, 5.74) is 1.91. The van der Waals surface area contributed by atoms with Crippen molar-refractivity contribution in [2.75, 3.05) is 5.32 Å². The number of aryl methyl sites for hydroxylation is 1. The molecule has 0 saturated carbocycles. The molecule has 0 unspecified atom stereocenters. The molecule has 27 heavy (non-hydrogen) atoms. The second kappa shape index (κ2) is 7.92. The van der Waals surface area contributed by atoms with Gasteiger partial charge in [-0.25, -0.2) is 14.4 Å². The number of aromatic nitrogens is 2. The van der Waals surface area contributed by atoms with Gasteiger partial charge >= 0.3 is 0 Å². The summed E-state index contributed by atoms with van der Waals surface area (Å²) in [6.45, 7) is 2.04. The number of benzene rings is 2. The summed E-state index contributed by atoms with van der Waals surface area (Å²) in [6.07, 6.45) is 2.49. The second-order valence-corrected chi connectivity index (χ2v) is 5.97. The average Bonchev–Trinajstić information content (AvgIpc) is 2.65. The molecule has 2 aromatic carbocycles. The van der Waals surface area contributed by atoms with E-state index in [1.165, 1.54) is 18.5 Å². The van der Waals surface area contributed by atoms with Gasteiger partial charge in [0.25, 0.3) is 18.3 Å². The number of hydrogen-bond acceptors (Lipinski definition) is 5. The maximum atomic E-state index is 14.6. The lowest BCUT2D eigenvalue weighted by Crippen LogP contribution is -2.17. The number of rotatable bonds is 5. The van der Waals surface area contributed by atoms with Crippen LogP contribution in [-0.4, -0.2) is 22.3 Å². The van der Waals surface area contributed by atoms with Gasteiger partial charge in [-0.15, -0.1) is 0 Å². The summed E-state index contributed by atoms with van der Waals surface area (Å²) in [4.78, 5) is 30.4. The molecule has 0 radical (unpaired) electrons. The molecule has 0 fully saturated rings. The minimum atomic E-state index is -0.816. The van der Waals surface area contributed by atoms with E-state index in [4.69, 9.17) is 11.6 Å². The van der Waals surface area contributed by atoms with Crippen molar-refractivity contribution in [2.24, 2.45) is 0 Å². The fraction of sp³-hybridized carbons (Fsp3) is 0.0526. The van der Waals surface area contributed by atoms with E-state index in [2.05, 4.69) is 20.0 Å². The molecule has 0 bridgehead atoms. The largest absolute Gasteiger partial charge is 0.407 e. The van der Waals surface area contributed by atoms with Crippen molar-refractivity contribution < 1.29 is 18.7 Å². The van der Waals surface area contributed by atoms with Crippen molar-refractivity contribution in [3.05, 3.63) is 70.9 Å². The molecular weight excluding hydrogens is 373 g/mol. The van der Waals surface area contributed by atoms with Crippen LogP contribution in [0.2, 0.25) is 5.02 Å². The van der Waals surface area contributed by atoms with E-state index in [0.29, 0.717) is 5.56 Å². The molecule has 0 saturated heterocycles. The topological polar surface area (TPSA) is 81.2 Å². The van der Waals surface area contributed by atoms with E-state index in [9.17, 15) is 14.0 Å². The van der Waals surface area contributed by atoms with Gasteiger partial charge in [-0.2, -0.15) is 0 Å². The maximum absolute atomic E-state index is 14.6. The maximum Gasteiger partial charge on any atom is 0.299 e. The van der Waals surface area contributed by atoms with Gasteiger partial charge in [-0.3, -0.25) is 9.59 Å². The first-order chi connectivity index (χ1) is 13.0. The molecular formula is C19H13ClFN3O3. The van der Waals surface area contributed by atoms with E-state index >= 15 is 0 Å². The molecule has 0 aliphatic heterocycles. The molecule has 1 amide bonds. The number of nitrogens with one attached hydrogen (secondary N) is 1. The Kier molecular flexibility index (Phi) is 5.42. The van der Waals surface area contributed by atoms with Crippen LogP contribution in [0.1, 0.15) is 16.1 Å². The highest BCUT2D eigenvalue weighted by molar-refractivity contribution is 6.34. The second-order valence-electron chi connectivity index (χ2n) is 5.56. The monoisotopic (exact) mass is 385 g/mol. The normalized spacial score (nSPS) is 10.3. The quantitative estimate of drug-likeness (QED) is 0.670. The van der Waals surface area contributed by atoms with Crippen LogP contribution in [0.15, 0.2) is 48.8 Å². The molecule has 0 aliphatic carbocycles. The molecule has 1 N–H and O–H groups in total. The number of halogens is 2. The highest BCUT2D eigenvalue weighted by atomic mass is 35.5.